The number of halogens is 2. The summed E-state index contributed by atoms with van der Waals surface area (Å²) in [6.07, 6.45) is 3.64. The normalized spacial score (nSPS) is 10.6. The predicted molar refractivity (Wildman–Crippen MR) is 79.5 cm³/mol. The van der Waals surface area contributed by atoms with Gasteiger partial charge in [0.2, 0.25) is 0 Å². The van der Waals surface area contributed by atoms with Crippen molar-refractivity contribution in [2.45, 2.75) is 6.42 Å². The molecular weight excluding hydrogens is 289 g/mol. The van der Waals surface area contributed by atoms with E-state index in [1.54, 1.807) is 30.6 Å². The molecule has 0 N–H and O–H groups in total. The molecule has 1 aromatic carbocycles. The summed E-state index contributed by atoms with van der Waals surface area (Å²) in [5.74, 6) is 0.195. The van der Waals surface area contributed by atoms with Crippen molar-refractivity contribution in [3.05, 3.63) is 77.0 Å². The molecule has 2 aromatic heterocycles. The zero-order chi connectivity index (χ0) is 14.7. The fraction of sp³-hybridized carbons (Fsp3) is 0.0625. The average Bonchev–Trinajstić information content (AvgIpc) is 2.52. The minimum Gasteiger partial charge on any atom is -0.253 e. The first-order valence-corrected chi connectivity index (χ1v) is 6.78. The highest BCUT2D eigenvalue weighted by Crippen LogP contribution is 2.21. The Hall–Kier alpha value is -2.33. The van der Waals surface area contributed by atoms with Crippen LogP contribution in [0, 0.1) is 5.82 Å². The van der Waals surface area contributed by atoms with Gasteiger partial charge in [-0.1, -0.05) is 35.9 Å². The molecule has 0 fully saturated rings. The van der Waals surface area contributed by atoms with Crippen molar-refractivity contribution in [2.75, 3.05) is 0 Å². The van der Waals surface area contributed by atoms with Gasteiger partial charge in [0.25, 0.3) is 0 Å². The van der Waals surface area contributed by atoms with E-state index in [9.17, 15) is 4.39 Å². The number of benzene rings is 1. The zero-order valence-electron chi connectivity index (χ0n) is 11.0. The lowest BCUT2D eigenvalue weighted by Crippen LogP contribution is -1.99. The lowest BCUT2D eigenvalue weighted by molar-refractivity contribution is 0.614. The first kappa shape index (κ1) is 13.6. The Labute approximate surface area is 126 Å². The highest BCUT2D eigenvalue weighted by atomic mass is 35.5. The van der Waals surface area contributed by atoms with Gasteiger partial charge in [0.05, 0.1) is 0 Å². The van der Waals surface area contributed by atoms with Gasteiger partial charge in [-0.25, -0.2) is 14.4 Å². The van der Waals surface area contributed by atoms with Crippen molar-refractivity contribution < 1.29 is 4.39 Å². The highest BCUT2D eigenvalue weighted by Gasteiger charge is 2.10. The molecule has 0 aliphatic heterocycles. The average molecular weight is 300 g/mol. The third-order valence-electron chi connectivity index (χ3n) is 3.04. The standard InChI is InChI=1S/C16H11ClFN3/c17-15-12(9-11-5-1-2-6-13(11)18)10-20-16(21-15)14-7-3-4-8-19-14/h1-8,10H,9H2. The lowest BCUT2D eigenvalue weighted by atomic mass is 10.1. The van der Waals surface area contributed by atoms with Gasteiger partial charge >= 0.3 is 0 Å². The van der Waals surface area contributed by atoms with Gasteiger partial charge in [-0.15, -0.1) is 0 Å². The summed E-state index contributed by atoms with van der Waals surface area (Å²) in [6.45, 7) is 0. The first-order valence-electron chi connectivity index (χ1n) is 6.40. The van der Waals surface area contributed by atoms with Crippen LogP contribution >= 0.6 is 11.6 Å². The molecule has 3 nitrogen and oxygen atoms in total. The number of hydrogen-bond acceptors (Lipinski definition) is 3. The van der Waals surface area contributed by atoms with Crippen LogP contribution in [0.4, 0.5) is 4.39 Å². The SMILES string of the molecule is Fc1ccccc1Cc1cnc(-c2ccccn2)nc1Cl. The summed E-state index contributed by atoms with van der Waals surface area (Å²) in [5.41, 5.74) is 1.90. The van der Waals surface area contributed by atoms with Crippen LogP contribution in [0.3, 0.4) is 0 Å². The van der Waals surface area contributed by atoms with E-state index < -0.39 is 0 Å². The smallest absolute Gasteiger partial charge is 0.179 e. The van der Waals surface area contributed by atoms with Crippen LogP contribution < -0.4 is 0 Å². The molecule has 0 unspecified atom stereocenters. The minimum absolute atomic E-state index is 0.262. The van der Waals surface area contributed by atoms with Crippen molar-refractivity contribution in [3.8, 4) is 11.5 Å². The van der Waals surface area contributed by atoms with E-state index >= 15 is 0 Å². The van der Waals surface area contributed by atoms with Crippen molar-refractivity contribution in [1.29, 1.82) is 0 Å². The predicted octanol–water partition coefficient (Wildman–Crippen LogP) is 3.92. The topological polar surface area (TPSA) is 38.7 Å². The van der Waals surface area contributed by atoms with E-state index in [0.717, 1.165) is 0 Å². The third kappa shape index (κ3) is 3.06. The van der Waals surface area contributed by atoms with Crippen LogP contribution in [0.5, 0.6) is 0 Å². The fourth-order valence-corrected chi connectivity index (χ4v) is 2.17. The lowest BCUT2D eigenvalue weighted by Gasteiger charge is -2.06. The Balaban J connectivity index is 1.90. The maximum absolute atomic E-state index is 13.7. The Morgan fingerprint density at radius 3 is 2.48 bits per heavy atom. The van der Waals surface area contributed by atoms with Gasteiger partial charge < -0.3 is 0 Å². The third-order valence-corrected chi connectivity index (χ3v) is 3.37. The molecule has 0 aliphatic rings. The molecule has 2 heterocycles. The maximum Gasteiger partial charge on any atom is 0.179 e. The molecule has 3 aromatic rings. The largest absolute Gasteiger partial charge is 0.253 e. The fourth-order valence-electron chi connectivity index (χ4n) is 1.97. The molecule has 0 saturated carbocycles. The van der Waals surface area contributed by atoms with Gasteiger partial charge in [-0.3, -0.25) is 4.98 Å². The van der Waals surface area contributed by atoms with Crippen molar-refractivity contribution >= 4 is 11.6 Å². The van der Waals surface area contributed by atoms with Crippen molar-refractivity contribution in [3.63, 3.8) is 0 Å². The van der Waals surface area contributed by atoms with Crippen LogP contribution in [0.1, 0.15) is 11.1 Å². The van der Waals surface area contributed by atoms with Gasteiger partial charge in [0.15, 0.2) is 5.82 Å². The molecular formula is C16H11ClFN3. The van der Waals surface area contributed by atoms with E-state index in [0.29, 0.717) is 34.2 Å². The number of nitrogens with zero attached hydrogens (tertiary/aromatic N) is 3. The summed E-state index contributed by atoms with van der Waals surface area (Å²) < 4.78 is 13.7. The van der Waals surface area contributed by atoms with E-state index in [1.807, 2.05) is 18.2 Å². The van der Waals surface area contributed by atoms with Crippen LogP contribution in [0.25, 0.3) is 11.5 Å². The summed E-state index contributed by atoms with van der Waals surface area (Å²) in [6, 6.07) is 12.1. The molecule has 3 rings (SSSR count). The maximum atomic E-state index is 13.7. The molecule has 104 valence electrons. The zero-order valence-corrected chi connectivity index (χ0v) is 11.8. The summed E-state index contributed by atoms with van der Waals surface area (Å²) >= 11 is 6.18. The molecule has 0 amide bonds. The van der Waals surface area contributed by atoms with Crippen LogP contribution in [-0.4, -0.2) is 15.0 Å². The molecule has 0 aliphatic carbocycles. The van der Waals surface area contributed by atoms with Crippen molar-refractivity contribution in [2.24, 2.45) is 0 Å². The Morgan fingerprint density at radius 1 is 0.952 bits per heavy atom. The summed E-state index contributed by atoms with van der Waals surface area (Å²) in [7, 11) is 0. The second kappa shape index (κ2) is 5.97. The molecule has 5 heteroatoms. The molecule has 0 saturated heterocycles. The molecule has 0 spiro atoms. The number of aromatic nitrogens is 3. The van der Waals surface area contributed by atoms with Gasteiger partial charge in [-0.2, -0.15) is 0 Å². The van der Waals surface area contributed by atoms with E-state index in [1.165, 1.54) is 6.07 Å². The quantitative estimate of drug-likeness (QED) is 0.688. The molecule has 0 radical (unpaired) electrons. The van der Waals surface area contributed by atoms with Crippen molar-refractivity contribution in [1.82, 2.24) is 15.0 Å². The Kier molecular flexibility index (Phi) is 3.88. The molecule has 0 atom stereocenters. The summed E-state index contributed by atoms with van der Waals surface area (Å²) in [5, 5.41) is 0.314. The molecule has 0 bridgehead atoms. The summed E-state index contributed by atoms with van der Waals surface area (Å²) in [4.78, 5) is 12.7. The van der Waals surface area contributed by atoms with Crippen LogP contribution in [-0.2, 0) is 6.42 Å². The highest BCUT2D eigenvalue weighted by molar-refractivity contribution is 6.30. The second-order valence-corrected chi connectivity index (χ2v) is 4.85. The number of rotatable bonds is 3. The molecule has 21 heavy (non-hydrogen) atoms. The monoisotopic (exact) mass is 299 g/mol. The number of pyridine rings is 1. The first-order chi connectivity index (χ1) is 10.2. The second-order valence-electron chi connectivity index (χ2n) is 4.49. The Morgan fingerprint density at radius 2 is 1.76 bits per heavy atom. The van der Waals surface area contributed by atoms with Gasteiger partial charge in [0, 0.05) is 24.4 Å². The number of hydrogen-bond donors (Lipinski definition) is 0. The van der Waals surface area contributed by atoms with E-state index in [-0.39, 0.29) is 5.82 Å². The van der Waals surface area contributed by atoms with E-state index in [2.05, 4.69) is 15.0 Å². The van der Waals surface area contributed by atoms with Gasteiger partial charge in [-0.05, 0) is 23.8 Å². The van der Waals surface area contributed by atoms with Gasteiger partial charge in [0.1, 0.15) is 16.7 Å². The Bertz CT molecular complexity index is 762. The van der Waals surface area contributed by atoms with E-state index in [4.69, 9.17) is 11.6 Å². The van der Waals surface area contributed by atoms with Crippen LogP contribution in [0.15, 0.2) is 54.9 Å². The van der Waals surface area contributed by atoms with Crippen LogP contribution in [0.2, 0.25) is 5.15 Å². The minimum atomic E-state index is -0.262.